The van der Waals surface area contributed by atoms with Crippen LogP contribution < -0.4 is 8.92 Å². The highest BCUT2D eigenvalue weighted by Gasteiger charge is 2.19. The number of carbonyl (C=O) groups is 1. The molecule has 0 saturated carbocycles. The van der Waals surface area contributed by atoms with Crippen molar-refractivity contribution < 1.29 is 26.5 Å². The van der Waals surface area contributed by atoms with E-state index in [1.165, 1.54) is 6.92 Å². The smallest absolute Gasteiger partial charge is 0.308 e. The van der Waals surface area contributed by atoms with E-state index in [1.807, 2.05) is 0 Å². The fourth-order valence-electron chi connectivity index (χ4n) is 2.85. The van der Waals surface area contributed by atoms with E-state index in [0.717, 1.165) is 5.56 Å². The molecule has 0 fully saturated rings. The lowest BCUT2D eigenvalue weighted by Crippen LogP contribution is -2.30. The summed E-state index contributed by atoms with van der Waals surface area (Å²) in [6.07, 6.45) is 1.55. The van der Waals surface area contributed by atoms with Gasteiger partial charge in [0.25, 0.3) is 5.91 Å². The molecule has 0 aliphatic heterocycles. The number of nitrogens with zero attached hydrogens (tertiary/aromatic N) is 1. The third kappa shape index (κ3) is 5.64. The van der Waals surface area contributed by atoms with Gasteiger partial charge in [0.2, 0.25) is 0 Å². The molecule has 0 atom stereocenters. The summed E-state index contributed by atoms with van der Waals surface area (Å²) in [5, 5.41) is 0. The summed E-state index contributed by atoms with van der Waals surface area (Å²) < 4.78 is 39.2. The molecule has 0 aliphatic carbocycles. The Morgan fingerprint density at radius 2 is 1.77 bits per heavy atom. The summed E-state index contributed by atoms with van der Waals surface area (Å²) in [6.45, 7) is 2.00. The highest BCUT2D eigenvalue weighted by molar-refractivity contribution is 7.87. The third-order valence-corrected chi connectivity index (χ3v) is 5.53. The molecule has 158 valence electrons. The lowest BCUT2D eigenvalue weighted by atomic mass is 10.1. The van der Waals surface area contributed by atoms with Crippen LogP contribution in [-0.2, 0) is 23.2 Å². The van der Waals surface area contributed by atoms with Crippen molar-refractivity contribution in [2.75, 3.05) is 12.9 Å². The van der Waals surface area contributed by atoms with Gasteiger partial charge in [0.05, 0.1) is 25.7 Å². The normalized spacial score (nSPS) is 11.1. The van der Waals surface area contributed by atoms with Crippen LogP contribution >= 0.6 is 0 Å². The highest BCUT2D eigenvalue weighted by atomic mass is 32.2. The summed E-state index contributed by atoms with van der Waals surface area (Å²) in [5.74, 6) is 1.08. The van der Waals surface area contributed by atoms with Crippen molar-refractivity contribution in [1.82, 2.24) is 4.90 Å². The van der Waals surface area contributed by atoms with Gasteiger partial charge in [-0.2, -0.15) is 8.42 Å². The van der Waals surface area contributed by atoms with E-state index >= 15 is 0 Å². The van der Waals surface area contributed by atoms with Crippen molar-refractivity contribution >= 4 is 16.0 Å². The quantitative estimate of drug-likeness (QED) is 0.480. The van der Waals surface area contributed by atoms with Crippen LogP contribution in [0.15, 0.2) is 71.3 Å². The molecule has 0 saturated heterocycles. The largest absolute Gasteiger partial charge is 0.497 e. The molecule has 3 rings (SSSR count). The minimum absolute atomic E-state index is 0.129. The molecule has 0 spiro atoms. The van der Waals surface area contributed by atoms with Crippen LogP contribution in [0, 0.1) is 0 Å². The van der Waals surface area contributed by atoms with Crippen LogP contribution in [0.25, 0.3) is 0 Å². The number of hydrogen-bond donors (Lipinski definition) is 0. The minimum atomic E-state index is -3.64. The first-order valence-corrected chi connectivity index (χ1v) is 10.9. The standard InChI is InChI=1S/C22H23NO6S/c1-3-30(25,26)29-20-10-4-7-17(13-20)15-23(16-21-11-6-12-28-21)22(24)18-8-5-9-19(14-18)27-2/h4-14H,3,15-16H2,1-2H3. The molecule has 8 heteroatoms. The van der Waals surface area contributed by atoms with Gasteiger partial charge in [0.15, 0.2) is 0 Å². The third-order valence-electron chi connectivity index (χ3n) is 4.38. The number of amides is 1. The molecule has 2 aromatic carbocycles. The Labute approximate surface area is 176 Å². The number of furan rings is 1. The molecule has 0 N–H and O–H groups in total. The SMILES string of the molecule is CCS(=O)(=O)Oc1cccc(CN(Cc2ccco2)C(=O)c2cccc(OC)c2)c1. The zero-order chi connectivity index (χ0) is 21.6. The zero-order valence-electron chi connectivity index (χ0n) is 16.8. The summed E-state index contributed by atoms with van der Waals surface area (Å²) in [6, 6.07) is 17.1. The molecule has 3 aromatic rings. The van der Waals surface area contributed by atoms with Gasteiger partial charge in [-0.25, -0.2) is 0 Å². The second kappa shape index (κ2) is 9.49. The molecule has 0 aliphatic rings. The van der Waals surface area contributed by atoms with Crippen molar-refractivity contribution in [2.24, 2.45) is 0 Å². The van der Waals surface area contributed by atoms with E-state index in [-0.39, 0.29) is 30.5 Å². The Morgan fingerprint density at radius 1 is 1.00 bits per heavy atom. The number of ether oxygens (including phenoxy) is 1. The van der Waals surface area contributed by atoms with Crippen LogP contribution in [-0.4, -0.2) is 32.1 Å². The van der Waals surface area contributed by atoms with E-state index < -0.39 is 10.1 Å². The molecule has 1 amide bonds. The first kappa shape index (κ1) is 21.4. The molecule has 0 unspecified atom stereocenters. The Balaban J connectivity index is 1.87. The van der Waals surface area contributed by atoms with Crippen LogP contribution in [0.5, 0.6) is 11.5 Å². The van der Waals surface area contributed by atoms with Crippen LogP contribution in [0.2, 0.25) is 0 Å². The summed E-state index contributed by atoms with van der Waals surface area (Å²) in [7, 11) is -2.09. The Hall–Kier alpha value is -3.26. The molecule has 1 heterocycles. The fraction of sp³-hybridized carbons (Fsp3) is 0.227. The van der Waals surface area contributed by atoms with Gasteiger partial charge in [0, 0.05) is 12.1 Å². The average molecular weight is 429 g/mol. The second-order valence-electron chi connectivity index (χ2n) is 6.55. The minimum Gasteiger partial charge on any atom is -0.497 e. The summed E-state index contributed by atoms with van der Waals surface area (Å²) in [5.41, 5.74) is 1.20. The molecule has 0 radical (unpaired) electrons. The molecular weight excluding hydrogens is 406 g/mol. The predicted molar refractivity (Wildman–Crippen MR) is 112 cm³/mol. The number of hydrogen-bond acceptors (Lipinski definition) is 6. The van der Waals surface area contributed by atoms with E-state index in [9.17, 15) is 13.2 Å². The van der Waals surface area contributed by atoms with Crippen LogP contribution in [0.3, 0.4) is 0 Å². The van der Waals surface area contributed by atoms with E-state index in [4.69, 9.17) is 13.3 Å². The number of methoxy groups -OCH3 is 1. The summed E-state index contributed by atoms with van der Waals surface area (Å²) >= 11 is 0. The van der Waals surface area contributed by atoms with Crippen LogP contribution in [0.4, 0.5) is 0 Å². The Kier molecular flexibility index (Phi) is 6.79. The maximum atomic E-state index is 13.2. The van der Waals surface area contributed by atoms with Gasteiger partial charge in [-0.05, 0) is 55.0 Å². The number of benzene rings is 2. The topological polar surface area (TPSA) is 86.1 Å². The van der Waals surface area contributed by atoms with Gasteiger partial charge >= 0.3 is 10.1 Å². The Morgan fingerprint density at radius 3 is 2.47 bits per heavy atom. The van der Waals surface area contributed by atoms with Gasteiger partial charge in [0.1, 0.15) is 17.3 Å². The zero-order valence-corrected chi connectivity index (χ0v) is 17.6. The van der Waals surface area contributed by atoms with Gasteiger partial charge in [-0.15, -0.1) is 0 Å². The second-order valence-corrected chi connectivity index (χ2v) is 8.41. The molecule has 1 aromatic heterocycles. The predicted octanol–water partition coefficient (Wildman–Crippen LogP) is 3.86. The first-order valence-electron chi connectivity index (χ1n) is 9.37. The lowest BCUT2D eigenvalue weighted by Gasteiger charge is -2.22. The van der Waals surface area contributed by atoms with Crippen molar-refractivity contribution in [2.45, 2.75) is 20.0 Å². The molecular formula is C22H23NO6S. The maximum Gasteiger partial charge on any atom is 0.308 e. The highest BCUT2D eigenvalue weighted by Crippen LogP contribution is 2.21. The van der Waals surface area contributed by atoms with E-state index in [1.54, 1.807) is 78.9 Å². The first-order chi connectivity index (χ1) is 14.4. The van der Waals surface area contributed by atoms with Gasteiger partial charge in [-0.1, -0.05) is 18.2 Å². The number of carbonyl (C=O) groups excluding carboxylic acids is 1. The van der Waals surface area contributed by atoms with Gasteiger partial charge in [-0.3, -0.25) is 4.79 Å². The van der Waals surface area contributed by atoms with Crippen molar-refractivity contribution in [1.29, 1.82) is 0 Å². The van der Waals surface area contributed by atoms with Crippen LogP contribution in [0.1, 0.15) is 28.6 Å². The number of rotatable bonds is 9. The van der Waals surface area contributed by atoms with Gasteiger partial charge < -0.3 is 18.2 Å². The fourth-order valence-corrected chi connectivity index (χ4v) is 3.37. The molecule has 30 heavy (non-hydrogen) atoms. The monoisotopic (exact) mass is 429 g/mol. The maximum absolute atomic E-state index is 13.2. The van der Waals surface area contributed by atoms with E-state index in [0.29, 0.717) is 17.1 Å². The summed E-state index contributed by atoms with van der Waals surface area (Å²) in [4.78, 5) is 14.8. The Bertz CT molecular complexity index is 1090. The van der Waals surface area contributed by atoms with E-state index in [2.05, 4.69) is 0 Å². The lowest BCUT2D eigenvalue weighted by molar-refractivity contribution is 0.0717. The molecule has 0 bridgehead atoms. The molecule has 7 nitrogen and oxygen atoms in total. The van der Waals surface area contributed by atoms with Crippen molar-refractivity contribution in [3.63, 3.8) is 0 Å². The average Bonchev–Trinajstić information content (AvgIpc) is 3.26. The van der Waals surface area contributed by atoms with Crippen molar-refractivity contribution in [3.05, 3.63) is 83.8 Å². The van der Waals surface area contributed by atoms with Crippen molar-refractivity contribution in [3.8, 4) is 11.5 Å².